The fraction of sp³-hybridized carbons (Fsp3) is 0.562. The summed E-state index contributed by atoms with van der Waals surface area (Å²) in [5, 5.41) is 3.40. The molecule has 1 saturated heterocycles. The molecule has 0 bridgehead atoms. The number of carbonyl (C=O) groups is 1. The summed E-state index contributed by atoms with van der Waals surface area (Å²) in [6, 6.07) is 8.42. The normalized spacial score (nSPS) is 22.6. The Morgan fingerprint density at radius 1 is 1.25 bits per heavy atom. The molecule has 1 aliphatic heterocycles. The van der Waals surface area contributed by atoms with Crippen LogP contribution in [0.2, 0.25) is 0 Å². The van der Waals surface area contributed by atoms with Crippen LogP contribution < -0.4 is 5.32 Å². The number of thioether (sulfide) groups is 1. The second-order valence-corrected chi connectivity index (χ2v) is 6.18. The SMILES string of the molecule is CCCCCN1C(=O)C(C)NC1c1ccc(SC)cc1. The fourth-order valence-electron chi connectivity index (χ4n) is 2.61. The topological polar surface area (TPSA) is 32.3 Å². The van der Waals surface area contributed by atoms with Crippen molar-refractivity contribution in [2.45, 2.75) is 50.2 Å². The van der Waals surface area contributed by atoms with Gasteiger partial charge in [-0.15, -0.1) is 11.8 Å². The Labute approximate surface area is 126 Å². The molecule has 4 heteroatoms. The number of nitrogens with zero attached hydrogens (tertiary/aromatic N) is 1. The minimum absolute atomic E-state index is 0.0327. The first-order chi connectivity index (χ1) is 9.67. The first kappa shape index (κ1) is 15.4. The van der Waals surface area contributed by atoms with Crippen molar-refractivity contribution in [2.75, 3.05) is 12.8 Å². The van der Waals surface area contributed by atoms with Crippen LogP contribution in [0.4, 0.5) is 0 Å². The molecule has 110 valence electrons. The van der Waals surface area contributed by atoms with E-state index in [4.69, 9.17) is 0 Å². The molecule has 0 radical (unpaired) electrons. The molecule has 0 aliphatic carbocycles. The molecule has 2 rings (SSSR count). The van der Waals surface area contributed by atoms with E-state index in [-0.39, 0.29) is 18.1 Å². The van der Waals surface area contributed by atoms with Crippen LogP contribution in [0.25, 0.3) is 0 Å². The number of hydrogen-bond acceptors (Lipinski definition) is 3. The average molecular weight is 292 g/mol. The Morgan fingerprint density at radius 2 is 1.95 bits per heavy atom. The van der Waals surface area contributed by atoms with E-state index in [0.717, 1.165) is 13.0 Å². The van der Waals surface area contributed by atoms with Crippen molar-refractivity contribution >= 4 is 17.7 Å². The zero-order valence-corrected chi connectivity index (χ0v) is 13.4. The summed E-state index contributed by atoms with van der Waals surface area (Å²) in [4.78, 5) is 15.5. The van der Waals surface area contributed by atoms with Crippen LogP contribution in [0.1, 0.15) is 44.8 Å². The number of amides is 1. The minimum atomic E-state index is -0.0816. The van der Waals surface area contributed by atoms with Crippen molar-refractivity contribution in [3.63, 3.8) is 0 Å². The van der Waals surface area contributed by atoms with Gasteiger partial charge in [-0.05, 0) is 37.3 Å². The summed E-state index contributed by atoms with van der Waals surface area (Å²) >= 11 is 1.74. The lowest BCUT2D eigenvalue weighted by Crippen LogP contribution is -2.31. The van der Waals surface area contributed by atoms with E-state index in [1.807, 2.05) is 11.8 Å². The Bertz CT molecular complexity index is 446. The van der Waals surface area contributed by atoms with Gasteiger partial charge in [0.15, 0.2) is 0 Å². The van der Waals surface area contributed by atoms with Crippen LogP contribution in [0.5, 0.6) is 0 Å². The largest absolute Gasteiger partial charge is 0.322 e. The van der Waals surface area contributed by atoms with E-state index in [0.29, 0.717) is 0 Å². The van der Waals surface area contributed by atoms with Gasteiger partial charge < -0.3 is 4.90 Å². The molecule has 0 spiro atoms. The minimum Gasteiger partial charge on any atom is -0.322 e. The highest BCUT2D eigenvalue weighted by atomic mass is 32.2. The standard InChI is InChI=1S/C16H24N2OS/c1-4-5-6-11-18-15(17-12(2)16(18)19)13-7-9-14(20-3)10-8-13/h7-10,12,15,17H,4-6,11H2,1-3H3. The van der Waals surface area contributed by atoms with E-state index in [1.165, 1.54) is 23.3 Å². The summed E-state index contributed by atoms with van der Waals surface area (Å²) < 4.78 is 0. The second-order valence-electron chi connectivity index (χ2n) is 5.30. The highest BCUT2D eigenvalue weighted by Crippen LogP contribution is 2.27. The highest BCUT2D eigenvalue weighted by molar-refractivity contribution is 7.98. The molecule has 1 aliphatic rings. The molecule has 1 heterocycles. The summed E-state index contributed by atoms with van der Waals surface area (Å²) in [6.45, 7) is 4.98. The maximum absolute atomic E-state index is 12.3. The Kier molecular flexibility index (Phi) is 5.49. The quantitative estimate of drug-likeness (QED) is 0.644. The van der Waals surface area contributed by atoms with Crippen LogP contribution in [0.3, 0.4) is 0 Å². The average Bonchev–Trinajstić information content (AvgIpc) is 2.76. The lowest BCUT2D eigenvalue weighted by atomic mass is 10.1. The molecule has 1 fully saturated rings. The van der Waals surface area contributed by atoms with Crippen LogP contribution in [0, 0.1) is 0 Å². The van der Waals surface area contributed by atoms with Crippen LogP contribution in [-0.4, -0.2) is 29.6 Å². The van der Waals surface area contributed by atoms with Gasteiger partial charge in [0.05, 0.1) is 6.04 Å². The molecular formula is C16H24N2OS. The summed E-state index contributed by atoms with van der Waals surface area (Å²) in [5.41, 5.74) is 1.18. The van der Waals surface area contributed by atoms with Gasteiger partial charge in [0.1, 0.15) is 6.17 Å². The number of carbonyl (C=O) groups excluding carboxylic acids is 1. The van der Waals surface area contributed by atoms with E-state index in [2.05, 4.69) is 42.8 Å². The molecule has 1 aromatic carbocycles. The van der Waals surface area contributed by atoms with Crippen LogP contribution in [0.15, 0.2) is 29.2 Å². The van der Waals surface area contributed by atoms with Crippen molar-refractivity contribution in [3.05, 3.63) is 29.8 Å². The van der Waals surface area contributed by atoms with Gasteiger partial charge >= 0.3 is 0 Å². The zero-order chi connectivity index (χ0) is 14.5. The maximum atomic E-state index is 12.3. The number of hydrogen-bond donors (Lipinski definition) is 1. The third kappa shape index (κ3) is 3.36. The first-order valence-corrected chi connectivity index (χ1v) is 8.60. The third-order valence-corrected chi connectivity index (χ3v) is 4.55. The highest BCUT2D eigenvalue weighted by Gasteiger charge is 2.36. The monoisotopic (exact) mass is 292 g/mol. The molecule has 0 aromatic heterocycles. The van der Waals surface area contributed by atoms with E-state index >= 15 is 0 Å². The Balaban J connectivity index is 2.12. The van der Waals surface area contributed by atoms with Crippen molar-refractivity contribution in [1.29, 1.82) is 0 Å². The fourth-order valence-corrected chi connectivity index (χ4v) is 3.02. The third-order valence-electron chi connectivity index (χ3n) is 3.81. The lowest BCUT2D eigenvalue weighted by molar-refractivity contribution is -0.129. The van der Waals surface area contributed by atoms with Crippen LogP contribution >= 0.6 is 11.8 Å². The number of nitrogens with one attached hydrogen (secondary N) is 1. The maximum Gasteiger partial charge on any atom is 0.241 e. The molecule has 20 heavy (non-hydrogen) atoms. The van der Waals surface area contributed by atoms with Crippen molar-refractivity contribution in [1.82, 2.24) is 10.2 Å². The number of unbranched alkanes of at least 4 members (excludes halogenated alkanes) is 2. The number of rotatable bonds is 6. The Morgan fingerprint density at radius 3 is 2.55 bits per heavy atom. The molecule has 1 amide bonds. The van der Waals surface area contributed by atoms with Gasteiger partial charge in [-0.1, -0.05) is 31.9 Å². The van der Waals surface area contributed by atoms with Gasteiger partial charge in [-0.3, -0.25) is 10.1 Å². The van der Waals surface area contributed by atoms with Crippen molar-refractivity contribution in [2.24, 2.45) is 0 Å². The predicted molar refractivity (Wildman–Crippen MR) is 84.8 cm³/mol. The van der Waals surface area contributed by atoms with Gasteiger partial charge in [0.2, 0.25) is 5.91 Å². The van der Waals surface area contributed by atoms with Gasteiger partial charge in [0, 0.05) is 11.4 Å². The molecule has 2 unspecified atom stereocenters. The smallest absolute Gasteiger partial charge is 0.241 e. The van der Waals surface area contributed by atoms with Gasteiger partial charge in [-0.25, -0.2) is 0 Å². The molecule has 0 saturated carbocycles. The van der Waals surface area contributed by atoms with Gasteiger partial charge in [-0.2, -0.15) is 0 Å². The summed E-state index contributed by atoms with van der Waals surface area (Å²) in [6.07, 6.45) is 5.54. The molecule has 3 nitrogen and oxygen atoms in total. The van der Waals surface area contributed by atoms with Crippen molar-refractivity contribution < 1.29 is 4.79 Å². The van der Waals surface area contributed by atoms with E-state index < -0.39 is 0 Å². The van der Waals surface area contributed by atoms with Gasteiger partial charge in [0.25, 0.3) is 0 Å². The molecule has 2 atom stereocenters. The predicted octanol–water partition coefficient (Wildman–Crippen LogP) is 3.42. The van der Waals surface area contributed by atoms with Crippen molar-refractivity contribution in [3.8, 4) is 0 Å². The molecule has 1 N–H and O–H groups in total. The lowest BCUT2D eigenvalue weighted by Gasteiger charge is -2.24. The molecular weight excluding hydrogens is 268 g/mol. The summed E-state index contributed by atoms with van der Waals surface area (Å²) in [5.74, 6) is 0.222. The van der Waals surface area contributed by atoms with E-state index in [1.54, 1.807) is 11.8 Å². The molecule has 1 aromatic rings. The second kappa shape index (κ2) is 7.14. The summed E-state index contributed by atoms with van der Waals surface area (Å²) in [7, 11) is 0. The zero-order valence-electron chi connectivity index (χ0n) is 12.6. The Hall–Kier alpha value is -1.00. The first-order valence-electron chi connectivity index (χ1n) is 7.38. The van der Waals surface area contributed by atoms with Crippen LogP contribution in [-0.2, 0) is 4.79 Å². The van der Waals surface area contributed by atoms with E-state index in [9.17, 15) is 4.79 Å². The number of benzene rings is 1.